The van der Waals surface area contributed by atoms with Crippen LogP contribution in [0, 0.1) is 0 Å². The van der Waals surface area contributed by atoms with Gasteiger partial charge in [-0.1, -0.05) is 54.6 Å². The molecule has 0 aliphatic heterocycles. The Labute approximate surface area is 164 Å². The first-order valence-corrected chi connectivity index (χ1v) is 8.95. The summed E-state index contributed by atoms with van der Waals surface area (Å²) < 4.78 is 5.22. The molecule has 0 bridgehead atoms. The van der Waals surface area contributed by atoms with Gasteiger partial charge in [0, 0.05) is 12.6 Å². The molecule has 0 aromatic heterocycles. The molecule has 0 aliphatic carbocycles. The summed E-state index contributed by atoms with van der Waals surface area (Å²) >= 11 is 0. The van der Waals surface area contributed by atoms with Gasteiger partial charge in [-0.25, -0.2) is 0 Å². The second-order valence-electron chi connectivity index (χ2n) is 6.38. The standard InChI is InChI=1S/C23H22N2O3/c1-16(26)24-21-15-20(12-13-22(21)28-2)25-23(27)14-17-8-10-19(11-9-17)18-6-4-3-5-7-18/h3-13,15H,14H2,1-2H3,(H,24,26)(H,25,27). The van der Waals surface area contributed by atoms with Gasteiger partial charge in [-0.05, 0) is 34.9 Å². The molecular weight excluding hydrogens is 352 g/mol. The highest BCUT2D eigenvalue weighted by Gasteiger charge is 2.09. The molecule has 2 amide bonds. The summed E-state index contributed by atoms with van der Waals surface area (Å²) in [6.45, 7) is 1.42. The minimum Gasteiger partial charge on any atom is -0.495 e. The number of carbonyl (C=O) groups excluding carboxylic acids is 2. The van der Waals surface area contributed by atoms with Crippen molar-refractivity contribution in [1.82, 2.24) is 0 Å². The van der Waals surface area contributed by atoms with Crippen LogP contribution in [-0.4, -0.2) is 18.9 Å². The Kier molecular flexibility index (Phi) is 6.07. The summed E-state index contributed by atoms with van der Waals surface area (Å²) in [6.07, 6.45) is 0.260. The lowest BCUT2D eigenvalue weighted by atomic mass is 10.0. The number of hydrogen-bond donors (Lipinski definition) is 2. The SMILES string of the molecule is COc1ccc(NC(=O)Cc2ccc(-c3ccccc3)cc2)cc1NC(C)=O. The topological polar surface area (TPSA) is 67.4 Å². The predicted octanol–water partition coefficient (Wildman–Crippen LogP) is 4.50. The summed E-state index contributed by atoms with van der Waals surface area (Å²) in [5.74, 6) is 0.191. The number of amides is 2. The van der Waals surface area contributed by atoms with Gasteiger partial charge in [0.25, 0.3) is 0 Å². The Bertz CT molecular complexity index is 967. The maximum Gasteiger partial charge on any atom is 0.228 e. The normalized spacial score (nSPS) is 10.2. The van der Waals surface area contributed by atoms with Crippen LogP contribution >= 0.6 is 0 Å². The molecule has 0 saturated carbocycles. The first-order chi connectivity index (χ1) is 13.5. The molecule has 142 valence electrons. The van der Waals surface area contributed by atoms with Crippen LogP contribution in [0.15, 0.2) is 72.8 Å². The molecule has 3 rings (SSSR count). The van der Waals surface area contributed by atoms with Crippen molar-refractivity contribution in [2.45, 2.75) is 13.3 Å². The van der Waals surface area contributed by atoms with Crippen LogP contribution in [0.1, 0.15) is 12.5 Å². The van der Waals surface area contributed by atoms with Crippen LogP contribution in [0.3, 0.4) is 0 Å². The zero-order chi connectivity index (χ0) is 19.9. The second-order valence-corrected chi connectivity index (χ2v) is 6.38. The van der Waals surface area contributed by atoms with Crippen molar-refractivity contribution in [2.24, 2.45) is 0 Å². The monoisotopic (exact) mass is 374 g/mol. The van der Waals surface area contributed by atoms with Crippen molar-refractivity contribution in [3.63, 3.8) is 0 Å². The molecule has 0 atom stereocenters. The van der Waals surface area contributed by atoms with Crippen LogP contribution in [0.4, 0.5) is 11.4 Å². The van der Waals surface area contributed by atoms with E-state index in [4.69, 9.17) is 4.74 Å². The number of hydrogen-bond acceptors (Lipinski definition) is 3. The smallest absolute Gasteiger partial charge is 0.228 e. The van der Waals surface area contributed by atoms with Gasteiger partial charge in [-0.3, -0.25) is 9.59 Å². The molecule has 0 heterocycles. The summed E-state index contributed by atoms with van der Waals surface area (Å²) in [4.78, 5) is 23.7. The van der Waals surface area contributed by atoms with Crippen LogP contribution in [0.2, 0.25) is 0 Å². The van der Waals surface area contributed by atoms with Crippen LogP contribution < -0.4 is 15.4 Å². The molecule has 0 aliphatic rings. The molecular formula is C23H22N2O3. The third kappa shape index (κ3) is 4.98. The molecule has 3 aromatic carbocycles. The quantitative estimate of drug-likeness (QED) is 0.667. The fourth-order valence-corrected chi connectivity index (χ4v) is 2.91. The number of anilines is 2. The number of carbonyl (C=O) groups is 2. The van der Waals surface area contributed by atoms with Crippen LogP contribution in [0.25, 0.3) is 11.1 Å². The van der Waals surface area contributed by atoms with Crippen molar-refractivity contribution in [2.75, 3.05) is 17.7 Å². The molecule has 0 saturated heterocycles. The highest BCUT2D eigenvalue weighted by Crippen LogP contribution is 2.28. The van der Waals surface area contributed by atoms with Crippen LogP contribution in [0.5, 0.6) is 5.75 Å². The highest BCUT2D eigenvalue weighted by atomic mass is 16.5. The summed E-state index contributed by atoms with van der Waals surface area (Å²) in [6, 6.07) is 23.2. The van der Waals surface area contributed by atoms with E-state index < -0.39 is 0 Å². The summed E-state index contributed by atoms with van der Waals surface area (Å²) in [5, 5.41) is 5.55. The molecule has 3 aromatic rings. The Morgan fingerprint density at radius 3 is 2.18 bits per heavy atom. The molecule has 2 N–H and O–H groups in total. The third-order valence-corrected chi connectivity index (χ3v) is 4.22. The maximum absolute atomic E-state index is 12.4. The Morgan fingerprint density at radius 2 is 1.54 bits per heavy atom. The maximum atomic E-state index is 12.4. The number of ether oxygens (including phenoxy) is 1. The molecule has 5 heteroatoms. The lowest BCUT2D eigenvalue weighted by Gasteiger charge is -2.12. The highest BCUT2D eigenvalue weighted by molar-refractivity contribution is 5.95. The first-order valence-electron chi connectivity index (χ1n) is 8.95. The number of methoxy groups -OCH3 is 1. The van der Waals surface area contributed by atoms with Crippen molar-refractivity contribution < 1.29 is 14.3 Å². The van der Waals surface area contributed by atoms with E-state index in [-0.39, 0.29) is 18.2 Å². The first kappa shape index (κ1) is 19.2. The van der Waals surface area contributed by atoms with Gasteiger partial charge < -0.3 is 15.4 Å². The van der Waals surface area contributed by atoms with Gasteiger partial charge in [0.05, 0.1) is 19.2 Å². The van der Waals surface area contributed by atoms with E-state index in [1.807, 2.05) is 42.5 Å². The van der Waals surface area contributed by atoms with Gasteiger partial charge in [-0.15, -0.1) is 0 Å². The Hall–Kier alpha value is -3.60. The zero-order valence-corrected chi connectivity index (χ0v) is 15.9. The Morgan fingerprint density at radius 1 is 0.857 bits per heavy atom. The van der Waals surface area contributed by atoms with E-state index in [0.717, 1.165) is 16.7 Å². The van der Waals surface area contributed by atoms with Crippen molar-refractivity contribution in [3.05, 3.63) is 78.4 Å². The number of nitrogens with one attached hydrogen (secondary N) is 2. The lowest BCUT2D eigenvalue weighted by Crippen LogP contribution is -2.15. The van der Waals surface area contributed by atoms with E-state index in [1.165, 1.54) is 14.0 Å². The van der Waals surface area contributed by atoms with Gasteiger partial charge in [0.15, 0.2) is 0 Å². The minimum atomic E-state index is -0.208. The van der Waals surface area contributed by atoms with E-state index in [9.17, 15) is 9.59 Å². The molecule has 0 radical (unpaired) electrons. The van der Waals surface area contributed by atoms with Crippen LogP contribution in [-0.2, 0) is 16.0 Å². The molecule has 0 fully saturated rings. The number of rotatable bonds is 6. The second kappa shape index (κ2) is 8.86. The van der Waals surface area contributed by atoms with Gasteiger partial charge >= 0.3 is 0 Å². The van der Waals surface area contributed by atoms with E-state index in [1.54, 1.807) is 18.2 Å². The van der Waals surface area contributed by atoms with Gasteiger partial charge in [0.2, 0.25) is 11.8 Å². The third-order valence-electron chi connectivity index (χ3n) is 4.22. The zero-order valence-electron chi connectivity index (χ0n) is 15.9. The lowest BCUT2D eigenvalue weighted by molar-refractivity contribution is -0.115. The molecule has 28 heavy (non-hydrogen) atoms. The number of benzene rings is 3. The van der Waals surface area contributed by atoms with E-state index >= 15 is 0 Å². The summed E-state index contributed by atoms with van der Waals surface area (Å²) in [5.41, 5.74) is 4.28. The molecule has 0 unspecified atom stereocenters. The Balaban J connectivity index is 1.66. The fourth-order valence-electron chi connectivity index (χ4n) is 2.91. The minimum absolute atomic E-state index is 0.133. The van der Waals surface area contributed by atoms with E-state index in [0.29, 0.717) is 17.1 Å². The van der Waals surface area contributed by atoms with Crippen molar-refractivity contribution in [1.29, 1.82) is 0 Å². The molecule has 0 spiro atoms. The van der Waals surface area contributed by atoms with Gasteiger partial charge in [0.1, 0.15) is 5.75 Å². The molecule has 5 nitrogen and oxygen atoms in total. The van der Waals surface area contributed by atoms with Gasteiger partial charge in [-0.2, -0.15) is 0 Å². The predicted molar refractivity (Wildman–Crippen MR) is 112 cm³/mol. The van der Waals surface area contributed by atoms with Crippen molar-refractivity contribution in [3.8, 4) is 16.9 Å². The summed E-state index contributed by atoms with van der Waals surface area (Å²) in [7, 11) is 1.53. The fraction of sp³-hybridized carbons (Fsp3) is 0.130. The van der Waals surface area contributed by atoms with E-state index in [2.05, 4.69) is 22.8 Å². The van der Waals surface area contributed by atoms with Crippen molar-refractivity contribution >= 4 is 23.2 Å². The average Bonchev–Trinajstić information content (AvgIpc) is 2.69. The largest absolute Gasteiger partial charge is 0.495 e. The average molecular weight is 374 g/mol.